The molecule has 0 saturated heterocycles. The van der Waals surface area contributed by atoms with Crippen LogP contribution >= 0.6 is 15.9 Å². The highest BCUT2D eigenvalue weighted by Gasteiger charge is 2.20. The minimum absolute atomic E-state index is 0.318. The lowest BCUT2D eigenvalue weighted by atomic mass is 10.00. The number of methoxy groups -OCH3 is 1. The predicted molar refractivity (Wildman–Crippen MR) is 85.5 cm³/mol. The summed E-state index contributed by atoms with van der Waals surface area (Å²) >= 11 is 3.53. The average Bonchev–Trinajstić information content (AvgIpc) is 2.65. The van der Waals surface area contributed by atoms with Crippen molar-refractivity contribution in [3.63, 3.8) is 0 Å². The predicted octanol–water partition coefficient (Wildman–Crippen LogP) is 4.09. The van der Waals surface area contributed by atoms with E-state index in [9.17, 15) is 4.79 Å². The fraction of sp³-hybridized carbons (Fsp3) is 0.294. The lowest BCUT2D eigenvalue weighted by molar-refractivity contribution is 0.0599. The Balaban J connectivity index is 2.22. The second-order valence-electron chi connectivity index (χ2n) is 5.28. The molecule has 0 aliphatic heterocycles. The van der Waals surface area contributed by atoms with E-state index in [0.29, 0.717) is 11.3 Å². The highest BCUT2D eigenvalue weighted by Crippen LogP contribution is 2.34. The number of esters is 1. The Hall–Kier alpha value is -1.68. The van der Waals surface area contributed by atoms with Crippen molar-refractivity contribution in [1.82, 2.24) is 4.98 Å². The third-order valence-electron chi connectivity index (χ3n) is 3.92. The van der Waals surface area contributed by atoms with Gasteiger partial charge in [0.05, 0.1) is 24.1 Å². The normalized spacial score (nSPS) is 13.1. The Morgan fingerprint density at radius 3 is 2.76 bits per heavy atom. The van der Waals surface area contributed by atoms with Crippen LogP contribution in [0.2, 0.25) is 0 Å². The zero-order valence-electron chi connectivity index (χ0n) is 12.1. The molecule has 1 aromatic heterocycles. The van der Waals surface area contributed by atoms with Crippen LogP contribution < -0.4 is 0 Å². The van der Waals surface area contributed by atoms with Gasteiger partial charge in [-0.1, -0.05) is 22.0 Å². The number of aryl methyl sites for hydroxylation is 3. The summed E-state index contributed by atoms with van der Waals surface area (Å²) in [5.41, 5.74) is 5.88. The number of hydrogen-bond acceptors (Lipinski definition) is 3. The molecule has 4 heteroatoms. The lowest BCUT2D eigenvalue weighted by Crippen LogP contribution is -2.08. The molecule has 3 rings (SSSR count). The number of halogens is 1. The average molecular weight is 346 g/mol. The maximum Gasteiger partial charge on any atom is 0.339 e. The second kappa shape index (κ2) is 5.60. The summed E-state index contributed by atoms with van der Waals surface area (Å²) in [6, 6.07) is 8.28. The quantitative estimate of drug-likeness (QED) is 0.730. The summed E-state index contributed by atoms with van der Waals surface area (Å²) < 4.78 is 5.89. The largest absolute Gasteiger partial charge is 0.465 e. The Morgan fingerprint density at radius 2 is 2.00 bits per heavy atom. The summed E-state index contributed by atoms with van der Waals surface area (Å²) in [6.45, 7) is 1.86. The van der Waals surface area contributed by atoms with Gasteiger partial charge in [0.1, 0.15) is 0 Å². The topological polar surface area (TPSA) is 39.2 Å². The van der Waals surface area contributed by atoms with Gasteiger partial charge in [0.15, 0.2) is 0 Å². The summed E-state index contributed by atoms with van der Waals surface area (Å²) in [7, 11) is 1.40. The first-order chi connectivity index (χ1) is 10.1. The molecule has 1 aromatic carbocycles. The Labute approximate surface area is 132 Å². The van der Waals surface area contributed by atoms with Crippen molar-refractivity contribution in [3.8, 4) is 11.3 Å². The molecule has 0 spiro atoms. The Morgan fingerprint density at radius 1 is 1.24 bits per heavy atom. The fourth-order valence-electron chi connectivity index (χ4n) is 2.84. The van der Waals surface area contributed by atoms with Crippen molar-refractivity contribution in [2.45, 2.75) is 26.2 Å². The summed E-state index contributed by atoms with van der Waals surface area (Å²) in [5.74, 6) is -0.318. The van der Waals surface area contributed by atoms with Gasteiger partial charge in [0.25, 0.3) is 0 Å². The van der Waals surface area contributed by atoms with Crippen LogP contribution in [0.3, 0.4) is 0 Å². The zero-order chi connectivity index (χ0) is 15.0. The summed E-state index contributed by atoms with van der Waals surface area (Å²) in [6.07, 6.45) is 3.03. The second-order valence-corrected chi connectivity index (χ2v) is 6.19. The van der Waals surface area contributed by atoms with E-state index in [1.54, 1.807) is 0 Å². The first-order valence-corrected chi connectivity index (χ1v) is 7.77. The molecule has 0 bridgehead atoms. The molecule has 0 saturated carbocycles. The molecule has 1 heterocycles. The van der Waals surface area contributed by atoms with Crippen molar-refractivity contribution in [3.05, 3.63) is 51.1 Å². The van der Waals surface area contributed by atoms with E-state index in [4.69, 9.17) is 9.72 Å². The van der Waals surface area contributed by atoms with Gasteiger partial charge in [-0.05, 0) is 55.5 Å². The van der Waals surface area contributed by atoms with E-state index in [0.717, 1.165) is 40.6 Å². The van der Waals surface area contributed by atoms with Gasteiger partial charge >= 0.3 is 5.97 Å². The summed E-state index contributed by atoms with van der Waals surface area (Å²) in [4.78, 5) is 16.5. The molecule has 0 radical (unpaired) electrons. The van der Waals surface area contributed by atoms with Crippen LogP contribution in [-0.2, 0) is 17.6 Å². The number of hydrogen-bond donors (Lipinski definition) is 0. The van der Waals surface area contributed by atoms with Crippen molar-refractivity contribution < 1.29 is 9.53 Å². The van der Waals surface area contributed by atoms with E-state index in [1.165, 1.54) is 12.7 Å². The van der Waals surface area contributed by atoms with Crippen molar-refractivity contribution in [1.29, 1.82) is 0 Å². The number of carbonyl (C=O) groups is 1. The monoisotopic (exact) mass is 345 g/mol. The molecule has 0 unspecified atom stereocenters. The molecule has 1 aliphatic carbocycles. The first kappa shape index (κ1) is 14.3. The lowest BCUT2D eigenvalue weighted by Gasteiger charge is -2.12. The van der Waals surface area contributed by atoms with Gasteiger partial charge < -0.3 is 4.74 Å². The van der Waals surface area contributed by atoms with Gasteiger partial charge in [-0.15, -0.1) is 0 Å². The minimum atomic E-state index is -0.318. The number of fused-ring (bicyclic) bond motifs is 3. The van der Waals surface area contributed by atoms with E-state index in [-0.39, 0.29) is 5.97 Å². The SMILES string of the molecule is COC(=O)c1cc2c(nc1C)-c1cc(Br)ccc1CCC2. The highest BCUT2D eigenvalue weighted by atomic mass is 79.9. The van der Waals surface area contributed by atoms with Crippen molar-refractivity contribution in [2.75, 3.05) is 7.11 Å². The van der Waals surface area contributed by atoms with Crippen LogP contribution in [0.25, 0.3) is 11.3 Å². The molecule has 0 amide bonds. The molecular formula is C17H16BrNO2. The van der Waals surface area contributed by atoms with Gasteiger partial charge in [-0.25, -0.2) is 4.79 Å². The molecular weight excluding hydrogens is 330 g/mol. The minimum Gasteiger partial charge on any atom is -0.465 e. The highest BCUT2D eigenvalue weighted by molar-refractivity contribution is 9.10. The first-order valence-electron chi connectivity index (χ1n) is 6.98. The van der Waals surface area contributed by atoms with E-state index < -0.39 is 0 Å². The third kappa shape index (κ3) is 2.60. The van der Waals surface area contributed by atoms with E-state index in [2.05, 4.69) is 34.1 Å². The smallest absolute Gasteiger partial charge is 0.339 e. The number of benzene rings is 1. The maximum atomic E-state index is 11.8. The van der Waals surface area contributed by atoms with Crippen LogP contribution in [0.4, 0.5) is 0 Å². The van der Waals surface area contributed by atoms with Crippen LogP contribution in [0.5, 0.6) is 0 Å². The van der Waals surface area contributed by atoms with E-state index in [1.807, 2.05) is 13.0 Å². The van der Waals surface area contributed by atoms with Gasteiger partial charge in [0.2, 0.25) is 0 Å². The van der Waals surface area contributed by atoms with Gasteiger partial charge in [0, 0.05) is 10.0 Å². The van der Waals surface area contributed by atoms with Crippen LogP contribution in [0.1, 0.15) is 33.6 Å². The standard InChI is InChI=1S/C17H16BrNO2/c1-10-14(17(20)21-2)8-12-5-3-4-11-6-7-13(18)9-15(11)16(12)19-10/h6-9H,3-5H2,1-2H3. The molecule has 0 fully saturated rings. The van der Waals surface area contributed by atoms with Crippen molar-refractivity contribution in [2.24, 2.45) is 0 Å². The molecule has 108 valence electrons. The molecule has 21 heavy (non-hydrogen) atoms. The van der Waals surface area contributed by atoms with E-state index >= 15 is 0 Å². The summed E-state index contributed by atoms with van der Waals surface area (Å²) in [5, 5.41) is 0. The van der Waals surface area contributed by atoms with Crippen LogP contribution in [-0.4, -0.2) is 18.1 Å². The molecule has 1 aliphatic rings. The number of rotatable bonds is 1. The maximum absolute atomic E-state index is 11.8. The number of nitrogens with zero attached hydrogens (tertiary/aromatic N) is 1. The Bertz CT molecular complexity index is 725. The molecule has 2 aromatic rings. The van der Waals surface area contributed by atoms with Gasteiger partial charge in [-0.3, -0.25) is 4.98 Å². The van der Waals surface area contributed by atoms with Gasteiger partial charge in [-0.2, -0.15) is 0 Å². The fourth-order valence-corrected chi connectivity index (χ4v) is 3.20. The Kier molecular flexibility index (Phi) is 3.81. The molecule has 0 N–H and O–H groups in total. The molecule has 0 atom stereocenters. The number of carbonyl (C=O) groups excluding carboxylic acids is 1. The molecule has 3 nitrogen and oxygen atoms in total. The van der Waals surface area contributed by atoms with Crippen LogP contribution in [0, 0.1) is 6.92 Å². The van der Waals surface area contributed by atoms with Crippen LogP contribution in [0.15, 0.2) is 28.7 Å². The number of pyridine rings is 1. The zero-order valence-corrected chi connectivity index (χ0v) is 13.7. The third-order valence-corrected chi connectivity index (χ3v) is 4.41. The van der Waals surface area contributed by atoms with Crippen molar-refractivity contribution >= 4 is 21.9 Å². The number of aromatic nitrogens is 1. The number of ether oxygens (including phenoxy) is 1.